The summed E-state index contributed by atoms with van der Waals surface area (Å²) in [6.45, 7) is 3.18. The number of halogens is 1. The van der Waals surface area contributed by atoms with Crippen LogP contribution in [0, 0.1) is 11.8 Å². The average Bonchev–Trinajstić information content (AvgIpc) is 3.18. The molecule has 0 spiro atoms. The molecule has 3 nitrogen and oxygen atoms in total. The van der Waals surface area contributed by atoms with Gasteiger partial charge in [0.15, 0.2) is 5.82 Å². The first kappa shape index (κ1) is 11.7. The SMILES string of the molecule is CC(Cn1c(Cl)nnc1-c1ccccc1)C1CC1. The normalized spacial score (nSPS) is 16.8. The molecule has 4 heteroatoms. The summed E-state index contributed by atoms with van der Waals surface area (Å²) in [6, 6.07) is 10.1. The zero-order valence-electron chi connectivity index (χ0n) is 10.4. The van der Waals surface area contributed by atoms with Crippen LogP contribution in [0.4, 0.5) is 0 Å². The second kappa shape index (κ2) is 4.73. The fourth-order valence-corrected chi connectivity index (χ4v) is 2.54. The Kier molecular flexibility index (Phi) is 3.08. The third-order valence-electron chi connectivity index (χ3n) is 3.63. The Morgan fingerprint density at radius 2 is 2.00 bits per heavy atom. The summed E-state index contributed by atoms with van der Waals surface area (Å²) in [5.41, 5.74) is 1.07. The molecule has 2 aromatic rings. The second-order valence-electron chi connectivity index (χ2n) is 5.08. The van der Waals surface area contributed by atoms with Gasteiger partial charge in [-0.3, -0.25) is 4.57 Å². The van der Waals surface area contributed by atoms with Crippen molar-refractivity contribution in [1.82, 2.24) is 14.8 Å². The molecule has 0 radical (unpaired) electrons. The maximum absolute atomic E-state index is 6.15. The molecule has 3 rings (SSSR count). The van der Waals surface area contributed by atoms with Gasteiger partial charge in [-0.15, -0.1) is 10.2 Å². The van der Waals surface area contributed by atoms with Crippen molar-refractivity contribution in [3.63, 3.8) is 0 Å². The van der Waals surface area contributed by atoms with Gasteiger partial charge in [-0.05, 0) is 36.3 Å². The van der Waals surface area contributed by atoms with Gasteiger partial charge in [0.1, 0.15) is 0 Å². The van der Waals surface area contributed by atoms with Gasteiger partial charge in [0, 0.05) is 12.1 Å². The zero-order valence-corrected chi connectivity index (χ0v) is 11.1. The fraction of sp³-hybridized carbons (Fsp3) is 0.429. The molecule has 0 aliphatic heterocycles. The predicted molar refractivity (Wildman–Crippen MR) is 72.4 cm³/mol. The molecule has 0 N–H and O–H groups in total. The zero-order chi connectivity index (χ0) is 12.5. The van der Waals surface area contributed by atoms with Gasteiger partial charge in [-0.2, -0.15) is 0 Å². The maximum Gasteiger partial charge on any atom is 0.225 e. The summed E-state index contributed by atoms with van der Waals surface area (Å²) in [5.74, 6) is 2.36. The van der Waals surface area contributed by atoms with E-state index in [2.05, 4.69) is 17.1 Å². The lowest BCUT2D eigenvalue weighted by Crippen LogP contribution is -2.10. The Labute approximate surface area is 112 Å². The largest absolute Gasteiger partial charge is 0.298 e. The highest BCUT2D eigenvalue weighted by Crippen LogP contribution is 2.38. The van der Waals surface area contributed by atoms with E-state index >= 15 is 0 Å². The lowest BCUT2D eigenvalue weighted by molar-refractivity contribution is 0.432. The molecule has 1 fully saturated rings. The minimum absolute atomic E-state index is 0.487. The Hall–Kier alpha value is -1.35. The number of hydrogen-bond acceptors (Lipinski definition) is 2. The molecule has 94 valence electrons. The van der Waals surface area contributed by atoms with E-state index in [0.717, 1.165) is 23.9 Å². The van der Waals surface area contributed by atoms with Crippen LogP contribution in [0.5, 0.6) is 0 Å². The van der Waals surface area contributed by atoms with Crippen LogP contribution in [0.1, 0.15) is 19.8 Å². The van der Waals surface area contributed by atoms with Crippen LogP contribution in [-0.4, -0.2) is 14.8 Å². The first-order valence-electron chi connectivity index (χ1n) is 6.40. The quantitative estimate of drug-likeness (QED) is 0.841. The minimum Gasteiger partial charge on any atom is -0.298 e. The standard InChI is InChI=1S/C14H16ClN3/c1-10(11-7-8-11)9-18-13(16-17-14(18)15)12-5-3-2-4-6-12/h2-6,10-11H,7-9H2,1H3. The number of benzene rings is 1. The lowest BCUT2D eigenvalue weighted by Gasteiger charge is -2.13. The van der Waals surface area contributed by atoms with Crippen molar-refractivity contribution in [3.8, 4) is 11.4 Å². The van der Waals surface area contributed by atoms with Gasteiger partial charge in [0.25, 0.3) is 0 Å². The molecule has 1 aromatic heterocycles. The molecule has 1 unspecified atom stereocenters. The Balaban J connectivity index is 1.91. The smallest absolute Gasteiger partial charge is 0.225 e. The molecule has 1 saturated carbocycles. The summed E-state index contributed by atoms with van der Waals surface area (Å²) in [7, 11) is 0. The monoisotopic (exact) mass is 261 g/mol. The van der Waals surface area contributed by atoms with Crippen molar-refractivity contribution in [2.45, 2.75) is 26.3 Å². The molecule has 1 aromatic carbocycles. The van der Waals surface area contributed by atoms with Crippen LogP contribution in [-0.2, 0) is 6.54 Å². The average molecular weight is 262 g/mol. The molecular formula is C14H16ClN3. The third kappa shape index (κ3) is 2.27. The van der Waals surface area contributed by atoms with Crippen molar-refractivity contribution in [3.05, 3.63) is 35.6 Å². The molecule has 1 atom stereocenters. The molecule has 1 aliphatic carbocycles. The summed E-state index contributed by atoms with van der Waals surface area (Å²) < 4.78 is 2.03. The summed E-state index contributed by atoms with van der Waals surface area (Å²) in [6.07, 6.45) is 2.70. The molecule has 18 heavy (non-hydrogen) atoms. The molecular weight excluding hydrogens is 246 g/mol. The Morgan fingerprint density at radius 3 is 2.67 bits per heavy atom. The fourth-order valence-electron chi connectivity index (χ4n) is 2.35. The van der Waals surface area contributed by atoms with Crippen LogP contribution in [0.2, 0.25) is 5.28 Å². The first-order chi connectivity index (χ1) is 8.75. The highest BCUT2D eigenvalue weighted by molar-refractivity contribution is 6.28. The molecule has 1 heterocycles. The second-order valence-corrected chi connectivity index (χ2v) is 5.42. The number of hydrogen-bond donors (Lipinski definition) is 0. The van der Waals surface area contributed by atoms with Crippen molar-refractivity contribution in [2.24, 2.45) is 11.8 Å². The van der Waals surface area contributed by atoms with Crippen LogP contribution in [0.15, 0.2) is 30.3 Å². The molecule has 0 saturated heterocycles. The predicted octanol–water partition coefficient (Wildman–Crippen LogP) is 3.64. The summed E-state index contributed by atoms with van der Waals surface area (Å²) in [4.78, 5) is 0. The van der Waals surface area contributed by atoms with Gasteiger partial charge in [-0.1, -0.05) is 37.3 Å². The van der Waals surface area contributed by atoms with E-state index in [1.54, 1.807) is 0 Å². The minimum atomic E-state index is 0.487. The van der Waals surface area contributed by atoms with Crippen molar-refractivity contribution in [1.29, 1.82) is 0 Å². The number of nitrogens with zero attached hydrogens (tertiary/aromatic N) is 3. The number of aromatic nitrogens is 3. The van der Waals surface area contributed by atoms with Gasteiger partial charge in [0.05, 0.1) is 0 Å². The Morgan fingerprint density at radius 1 is 1.28 bits per heavy atom. The summed E-state index contributed by atoms with van der Waals surface area (Å²) in [5, 5.41) is 8.69. The van der Waals surface area contributed by atoms with Crippen LogP contribution in [0.3, 0.4) is 0 Å². The van der Waals surface area contributed by atoms with E-state index in [-0.39, 0.29) is 0 Å². The van der Waals surface area contributed by atoms with Crippen molar-refractivity contribution in [2.75, 3.05) is 0 Å². The molecule has 0 amide bonds. The van der Waals surface area contributed by atoms with E-state index < -0.39 is 0 Å². The van der Waals surface area contributed by atoms with Crippen LogP contribution in [0.25, 0.3) is 11.4 Å². The number of rotatable bonds is 4. The Bertz CT molecular complexity index is 531. The first-order valence-corrected chi connectivity index (χ1v) is 6.77. The van der Waals surface area contributed by atoms with Crippen molar-refractivity contribution < 1.29 is 0 Å². The van der Waals surface area contributed by atoms with E-state index in [1.807, 2.05) is 34.9 Å². The van der Waals surface area contributed by atoms with Gasteiger partial charge >= 0.3 is 0 Å². The van der Waals surface area contributed by atoms with Gasteiger partial charge in [-0.25, -0.2) is 0 Å². The highest BCUT2D eigenvalue weighted by atomic mass is 35.5. The van der Waals surface area contributed by atoms with E-state index in [1.165, 1.54) is 12.8 Å². The third-order valence-corrected chi connectivity index (χ3v) is 3.91. The van der Waals surface area contributed by atoms with E-state index in [9.17, 15) is 0 Å². The lowest BCUT2D eigenvalue weighted by atomic mass is 10.1. The maximum atomic E-state index is 6.15. The molecule has 0 bridgehead atoms. The van der Waals surface area contributed by atoms with E-state index in [0.29, 0.717) is 11.2 Å². The van der Waals surface area contributed by atoms with Gasteiger partial charge in [0.2, 0.25) is 5.28 Å². The topological polar surface area (TPSA) is 30.7 Å². The van der Waals surface area contributed by atoms with Crippen LogP contribution < -0.4 is 0 Å². The summed E-state index contributed by atoms with van der Waals surface area (Å²) >= 11 is 6.15. The van der Waals surface area contributed by atoms with E-state index in [4.69, 9.17) is 11.6 Å². The molecule has 1 aliphatic rings. The van der Waals surface area contributed by atoms with Crippen LogP contribution >= 0.6 is 11.6 Å². The highest BCUT2D eigenvalue weighted by Gasteiger charge is 2.29. The van der Waals surface area contributed by atoms with Gasteiger partial charge < -0.3 is 0 Å². The van der Waals surface area contributed by atoms with Crippen molar-refractivity contribution >= 4 is 11.6 Å².